The minimum Gasteiger partial charge on any atom is -0.491 e. The Labute approximate surface area is 248 Å². The van der Waals surface area contributed by atoms with Gasteiger partial charge in [-0.25, -0.2) is 4.79 Å². The van der Waals surface area contributed by atoms with Crippen LogP contribution in [0.3, 0.4) is 0 Å². The highest BCUT2D eigenvalue weighted by molar-refractivity contribution is 5.73. The number of aromatic nitrogens is 3. The molecule has 0 fully saturated rings. The van der Waals surface area contributed by atoms with Crippen LogP contribution >= 0.6 is 0 Å². The molecule has 12 nitrogen and oxygen atoms in total. The summed E-state index contributed by atoms with van der Waals surface area (Å²) in [6.45, 7) is 1.75. The lowest BCUT2D eigenvalue weighted by Gasteiger charge is -2.32. The maximum absolute atomic E-state index is 14.0. The molecule has 3 atom stereocenters. The Morgan fingerprint density at radius 1 is 1.00 bits per heavy atom. The van der Waals surface area contributed by atoms with E-state index in [1.165, 1.54) is 18.2 Å². The van der Waals surface area contributed by atoms with Gasteiger partial charge in [0.2, 0.25) is 11.6 Å². The Bertz CT molecular complexity index is 1650. The van der Waals surface area contributed by atoms with Gasteiger partial charge in [-0.3, -0.25) is 4.79 Å². The topological polar surface area (TPSA) is 181 Å². The molecule has 3 heterocycles. The third-order valence-electron chi connectivity index (χ3n) is 6.25. The Morgan fingerprint density at radius 3 is 2.27 bits per heavy atom. The van der Waals surface area contributed by atoms with E-state index in [-0.39, 0.29) is 24.4 Å². The number of carbonyl (C=O) groups is 2. The number of halogens is 6. The summed E-state index contributed by atoms with van der Waals surface area (Å²) in [4.78, 5) is 23.9. The summed E-state index contributed by atoms with van der Waals surface area (Å²) in [5.74, 6) is -4.63. The lowest BCUT2D eigenvalue weighted by molar-refractivity contribution is -0.192. The van der Waals surface area contributed by atoms with Crippen molar-refractivity contribution in [2.75, 3.05) is 6.61 Å². The fourth-order valence-electron chi connectivity index (χ4n) is 4.28. The summed E-state index contributed by atoms with van der Waals surface area (Å²) in [7, 11) is 0. The second kappa shape index (κ2) is 12.9. The zero-order chi connectivity index (χ0) is 33.1. The first kappa shape index (κ1) is 32.9. The number of ether oxygens (including phenoxy) is 1. The molecule has 0 spiro atoms. The quantitative estimate of drug-likeness (QED) is 0.199. The Morgan fingerprint density at radius 2 is 1.67 bits per heavy atom. The molecule has 0 saturated carbocycles. The number of carboxylic acids is 2. The predicted octanol–water partition coefficient (Wildman–Crippen LogP) is 4.96. The minimum atomic E-state index is -5.08. The van der Waals surface area contributed by atoms with Crippen molar-refractivity contribution in [3.8, 4) is 40.0 Å². The van der Waals surface area contributed by atoms with Gasteiger partial charge in [-0.1, -0.05) is 52.8 Å². The standard InChI is InChI=1S/C25H21F3N4O6.C2HF3O2/c1-12(9-18(33)34)29-16-11-36-17-10-14(7-8-15(17)21(16)35)23-30-24(38-32-23)22-19(25(26,27)28)20(31-37-22)13-5-3-2-4-6-13;3-2(4,5)1(6)7/h2-8,10,12,16,21,29,35H,9,11H2,1H3,(H,33,34);(H,6,7)/t12?,16-,21+;/m1./s1. The summed E-state index contributed by atoms with van der Waals surface area (Å²) in [6.07, 6.45) is -11.0. The molecule has 5 rings (SSSR count). The average Bonchev–Trinajstić information content (AvgIpc) is 3.62. The van der Waals surface area contributed by atoms with Gasteiger partial charge in [-0.15, -0.1) is 0 Å². The third-order valence-corrected chi connectivity index (χ3v) is 6.25. The van der Waals surface area contributed by atoms with E-state index in [4.69, 9.17) is 28.8 Å². The summed E-state index contributed by atoms with van der Waals surface area (Å²) in [5.41, 5.74) is -0.500. The summed E-state index contributed by atoms with van der Waals surface area (Å²) in [5, 5.41) is 37.3. The molecule has 4 N–H and O–H groups in total. The van der Waals surface area contributed by atoms with Crippen molar-refractivity contribution in [3.63, 3.8) is 0 Å². The zero-order valence-electron chi connectivity index (χ0n) is 22.8. The van der Waals surface area contributed by atoms with Crippen molar-refractivity contribution in [3.05, 3.63) is 59.7 Å². The lowest BCUT2D eigenvalue weighted by atomic mass is 9.96. The van der Waals surface area contributed by atoms with Crippen molar-refractivity contribution in [2.45, 2.75) is 43.9 Å². The van der Waals surface area contributed by atoms with Crippen molar-refractivity contribution >= 4 is 11.9 Å². The molecule has 1 unspecified atom stereocenters. The van der Waals surface area contributed by atoms with Crippen LogP contribution in [-0.2, 0) is 15.8 Å². The predicted molar refractivity (Wildman–Crippen MR) is 138 cm³/mol. The van der Waals surface area contributed by atoms with E-state index in [0.717, 1.165) is 0 Å². The van der Waals surface area contributed by atoms with Gasteiger partial charge in [0.1, 0.15) is 29.7 Å². The number of carboxylic acid groups (broad SMARTS) is 2. The second-order valence-electron chi connectivity index (χ2n) is 9.61. The number of alkyl halides is 6. The molecule has 45 heavy (non-hydrogen) atoms. The SMILES string of the molecule is CC(CC(=O)O)N[C@@H]1COc2cc(-c3noc(-c4onc(-c5ccccc5)c4C(F)(F)F)n3)ccc2[C@@H]1O.O=C(O)C(F)(F)F. The Kier molecular flexibility index (Phi) is 9.48. The maximum Gasteiger partial charge on any atom is 0.490 e. The molecule has 0 aliphatic carbocycles. The van der Waals surface area contributed by atoms with Crippen molar-refractivity contribution in [1.82, 2.24) is 20.6 Å². The van der Waals surface area contributed by atoms with Gasteiger partial charge in [0, 0.05) is 22.7 Å². The molecule has 0 bridgehead atoms. The van der Waals surface area contributed by atoms with E-state index in [0.29, 0.717) is 16.9 Å². The van der Waals surface area contributed by atoms with Gasteiger partial charge >= 0.3 is 24.3 Å². The first-order valence-electron chi connectivity index (χ1n) is 12.8. The number of nitrogens with zero attached hydrogens (tertiary/aromatic N) is 3. The molecule has 1 aliphatic rings. The monoisotopic (exact) mass is 644 g/mol. The largest absolute Gasteiger partial charge is 0.491 e. The normalized spacial score (nSPS) is 17.0. The van der Waals surface area contributed by atoms with Crippen molar-refractivity contribution in [2.24, 2.45) is 0 Å². The number of fused-ring (bicyclic) bond motifs is 1. The fraction of sp³-hybridized carbons (Fsp3) is 0.296. The third kappa shape index (κ3) is 7.76. The average molecular weight is 644 g/mol. The zero-order valence-corrected chi connectivity index (χ0v) is 22.8. The molecule has 0 amide bonds. The number of nitrogens with one attached hydrogen (secondary N) is 1. The van der Waals surface area contributed by atoms with Crippen LogP contribution in [0.2, 0.25) is 0 Å². The van der Waals surface area contributed by atoms with Crippen LogP contribution in [0.5, 0.6) is 5.75 Å². The van der Waals surface area contributed by atoms with Crippen LogP contribution in [0.4, 0.5) is 26.3 Å². The number of benzene rings is 2. The number of hydrogen-bond donors (Lipinski definition) is 4. The van der Waals surface area contributed by atoms with Crippen LogP contribution in [0, 0.1) is 0 Å². The lowest BCUT2D eigenvalue weighted by Crippen LogP contribution is -2.47. The molecule has 4 aromatic rings. The molecular formula is C27H22F6N4O8. The molecule has 0 saturated heterocycles. The summed E-state index contributed by atoms with van der Waals surface area (Å²) >= 11 is 0. The molecular weight excluding hydrogens is 622 g/mol. The van der Waals surface area contributed by atoms with E-state index in [1.807, 2.05) is 0 Å². The highest BCUT2D eigenvalue weighted by Gasteiger charge is 2.43. The van der Waals surface area contributed by atoms with E-state index < -0.39 is 65.4 Å². The van der Waals surface area contributed by atoms with Crippen LogP contribution in [0.1, 0.15) is 30.6 Å². The molecule has 1 aliphatic heterocycles. The minimum absolute atomic E-state index is 0.0259. The van der Waals surface area contributed by atoms with Crippen molar-refractivity contribution < 1.29 is 65.0 Å². The smallest absolute Gasteiger partial charge is 0.490 e. The summed E-state index contributed by atoms with van der Waals surface area (Å²) in [6, 6.07) is 11.5. The van der Waals surface area contributed by atoms with Crippen molar-refractivity contribution in [1.29, 1.82) is 0 Å². The van der Waals surface area contributed by atoms with Crippen LogP contribution in [0.25, 0.3) is 34.3 Å². The van der Waals surface area contributed by atoms with Crippen LogP contribution in [-0.4, -0.2) is 67.4 Å². The van der Waals surface area contributed by atoms with E-state index in [2.05, 4.69) is 20.6 Å². The van der Waals surface area contributed by atoms with Gasteiger partial charge in [0.05, 0.1) is 12.5 Å². The Balaban J connectivity index is 0.000000591. The highest BCUT2D eigenvalue weighted by Crippen LogP contribution is 2.43. The Hall–Kier alpha value is -4.97. The van der Waals surface area contributed by atoms with Crippen LogP contribution in [0.15, 0.2) is 57.6 Å². The summed E-state index contributed by atoms with van der Waals surface area (Å²) < 4.78 is 89.5. The van der Waals surface area contributed by atoms with Crippen LogP contribution < -0.4 is 10.1 Å². The number of aliphatic hydroxyl groups excluding tert-OH is 1. The number of hydrogen-bond acceptors (Lipinski definition) is 10. The molecule has 0 radical (unpaired) electrons. The van der Waals surface area contributed by atoms with Gasteiger partial charge in [0.15, 0.2) is 0 Å². The number of rotatable bonds is 7. The van der Waals surface area contributed by atoms with Gasteiger partial charge in [0.25, 0.3) is 5.89 Å². The highest BCUT2D eigenvalue weighted by atomic mass is 19.4. The molecule has 2 aromatic heterocycles. The second-order valence-corrected chi connectivity index (χ2v) is 9.61. The van der Waals surface area contributed by atoms with Gasteiger partial charge < -0.3 is 34.4 Å². The molecule has 2 aromatic carbocycles. The maximum atomic E-state index is 14.0. The van der Waals surface area contributed by atoms with E-state index in [9.17, 15) is 36.2 Å². The molecule has 240 valence electrons. The number of aliphatic hydroxyl groups is 1. The first-order chi connectivity index (χ1) is 21.1. The number of aliphatic carboxylic acids is 2. The first-order valence-corrected chi connectivity index (χ1v) is 12.8. The van der Waals surface area contributed by atoms with E-state index in [1.54, 1.807) is 37.3 Å². The fourth-order valence-corrected chi connectivity index (χ4v) is 4.28. The van der Waals surface area contributed by atoms with Gasteiger partial charge in [-0.05, 0) is 13.0 Å². The molecule has 18 heteroatoms. The van der Waals surface area contributed by atoms with Gasteiger partial charge in [-0.2, -0.15) is 31.3 Å². The van der Waals surface area contributed by atoms with E-state index >= 15 is 0 Å².